The average molecular weight is 267 g/mol. The third-order valence-corrected chi connectivity index (χ3v) is 3.56. The van der Waals surface area contributed by atoms with Gasteiger partial charge in [0.1, 0.15) is 0 Å². The van der Waals surface area contributed by atoms with Crippen LogP contribution < -0.4 is 0 Å². The number of carbonyl (C=O) groups excluding carboxylic acids is 1. The molecule has 2 aromatic rings. The van der Waals surface area contributed by atoms with Gasteiger partial charge in [-0.05, 0) is 25.0 Å². The zero-order valence-electron chi connectivity index (χ0n) is 12.0. The average Bonchev–Trinajstić information content (AvgIpc) is 2.53. The molecular formula is C18H21NO. The predicted octanol–water partition coefficient (Wildman–Crippen LogP) is 4.63. The predicted molar refractivity (Wildman–Crippen MR) is 81.9 cm³/mol. The molecule has 1 unspecified atom stereocenters. The normalized spacial score (nSPS) is 12.1. The minimum atomic E-state index is 0.225. The first-order chi connectivity index (χ1) is 9.81. The number of hydrogen-bond donors (Lipinski definition) is 0. The first-order valence-electron chi connectivity index (χ1n) is 7.30. The fourth-order valence-electron chi connectivity index (χ4n) is 2.48. The van der Waals surface area contributed by atoms with Crippen LogP contribution in [0, 0.1) is 0 Å². The number of hydrogen-bond acceptors (Lipinski definition) is 2. The van der Waals surface area contributed by atoms with Gasteiger partial charge in [-0.15, -0.1) is 0 Å². The first-order valence-corrected chi connectivity index (χ1v) is 7.30. The SMILES string of the molecule is CCCC(CCC(=O)c1ccccc1)c1ccccn1. The molecule has 0 spiro atoms. The molecule has 0 aliphatic rings. The van der Waals surface area contributed by atoms with Gasteiger partial charge in [-0.25, -0.2) is 0 Å². The van der Waals surface area contributed by atoms with Gasteiger partial charge in [-0.3, -0.25) is 9.78 Å². The van der Waals surface area contributed by atoms with E-state index in [1.807, 2.05) is 48.7 Å². The van der Waals surface area contributed by atoms with Crippen LogP contribution in [-0.4, -0.2) is 10.8 Å². The Labute approximate surface area is 120 Å². The summed E-state index contributed by atoms with van der Waals surface area (Å²) in [5, 5.41) is 0. The second-order valence-electron chi connectivity index (χ2n) is 5.07. The third kappa shape index (κ3) is 4.02. The Morgan fingerprint density at radius 1 is 1.05 bits per heavy atom. The van der Waals surface area contributed by atoms with Crippen LogP contribution in [0.15, 0.2) is 54.7 Å². The van der Waals surface area contributed by atoms with Gasteiger partial charge in [0.25, 0.3) is 0 Å². The zero-order chi connectivity index (χ0) is 14.2. The molecular weight excluding hydrogens is 246 g/mol. The highest BCUT2D eigenvalue weighted by atomic mass is 16.1. The van der Waals surface area contributed by atoms with Crippen LogP contribution >= 0.6 is 0 Å². The van der Waals surface area contributed by atoms with Gasteiger partial charge >= 0.3 is 0 Å². The molecule has 0 amide bonds. The van der Waals surface area contributed by atoms with Gasteiger partial charge in [-0.2, -0.15) is 0 Å². The summed E-state index contributed by atoms with van der Waals surface area (Å²) in [6, 6.07) is 15.5. The molecule has 20 heavy (non-hydrogen) atoms. The second kappa shape index (κ2) is 7.59. The van der Waals surface area contributed by atoms with Crippen molar-refractivity contribution in [2.24, 2.45) is 0 Å². The molecule has 2 heteroatoms. The minimum absolute atomic E-state index is 0.225. The van der Waals surface area contributed by atoms with Crippen molar-refractivity contribution in [1.82, 2.24) is 4.98 Å². The number of aromatic nitrogens is 1. The van der Waals surface area contributed by atoms with Crippen LogP contribution in [-0.2, 0) is 0 Å². The Morgan fingerprint density at radius 3 is 2.45 bits per heavy atom. The number of nitrogens with zero attached hydrogens (tertiary/aromatic N) is 1. The van der Waals surface area contributed by atoms with E-state index in [1.165, 1.54) is 0 Å². The standard InChI is InChI=1S/C18H21NO/c1-2-8-15(17-11-6-7-14-19-17)12-13-18(20)16-9-4-3-5-10-16/h3-7,9-11,14-15H,2,8,12-13H2,1H3. The van der Waals surface area contributed by atoms with Crippen LogP contribution in [0.4, 0.5) is 0 Å². The van der Waals surface area contributed by atoms with Crippen molar-refractivity contribution >= 4 is 5.78 Å². The van der Waals surface area contributed by atoms with Crippen molar-refractivity contribution in [3.63, 3.8) is 0 Å². The molecule has 1 aromatic heterocycles. The van der Waals surface area contributed by atoms with Gasteiger partial charge in [-0.1, -0.05) is 49.7 Å². The molecule has 1 heterocycles. The number of ketones is 1. The van der Waals surface area contributed by atoms with E-state index in [9.17, 15) is 4.79 Å². The Kier molecular flexibility index (Phi) is 5.48. The van der Waals surface area contributed by atoms with E-state index in [0.717, 1.165) is 30.5 Å². The summed E-state index contributed by atoms with van der Waals surface area (Å²) >= 11 is 0. The quantitative estimate of drug-likeness (QED) is 0.685. The van der Waals surface area contributed by atoms with E-state index in [2.05, 4.69) is 18.0 Å². The second-order valence-corrected chi connectivity index (χ2v) is 5.07. The van der Waals surface area contributed by atoms with Gasteiger partial charge in [0.05, 0.1) is 0 Å². The van der Waals surface area contributed by atoms with Crippen molar-refractivity contribution in [3.05, 3.63) is 66.0 Å². The maximum absolute atomic E-state index is 12.2. The Hall–Kier alpha value is -1.96. The fraction of sp³-hybridized carbons (Fsp3) is 0.333. The highest BCUT2D eigenvalue weighted by Gasteiger charge is 2.14. The molecule has 0 fully saturated rings. The molecule has 0 aliphatic carbocycles. The lowest BCUT2D eigenvalue weighted by atomic mass is 9.92. The zero-order valence-corrected chi connectivity index (χ0v) is 12.0. The van der Waals surface area contributed by atoms with Crippen LogP contribution in [0.25, 0.3) is 0 Å². The maximum atomic E-state index is 12.2. The number of carbonyl (C=O) groups is 1. The van der Waals surface area contributed by atoms with Gasteiger partial charge in [0.15, 0.2) is 5.78 Å². The summed E-state index contributed by atoms with van der Waals surface area (Å²) in [4.78, 5) is 16.6. The highest BCUT2D eigenvalue weighted by molar-refractivity contribution is 5.95. The van der Waals surface area contributed by atoms with E-state index in [1.54, 1.807) is 0 Å². The highest BCUT2D eigenvalue weighted by Crippen LogP contribution is 2.25. The van der Waals surface area contributed by atoms with E-state index in [4.69, 9.17) is 0 Å². The van der Waals surface area contributed by atoms with Crippen molar-refractivity contribution in [2.75, 3.05) is 0 Å². The first kappa shape index (κ1) is 14.4. The lowest BCUT2D eigenvalue weighted by molar-refractivity contribution is 0.0977. The van der Waals surface area contributed by atoms with Gasteiger partial charge < -0.3 is 0 Å². The largest absolute Gasteiger partial charge is 0.294 e. The fourth-order valence-corrected chi connectivity index (χ4v) is 2.48. The van der Waals surface area contributed by atoms with E-state index >= 15 is 0 Å². The summed E-state index contributed by atoms with van der Waals surface area (Å²) < 4.78 is 0. The molecule has 2 rings (SSSR count). The van der Waals surface area contributed by atoms with Crippen molar-refractivity contribution < 1.29 is 4.79 Å². The Morgan fingerprint density at radius 2 is 1.80 bits per heavy atom. The van der Waals surface area contributed by atoms with Crippen LogP contribution in [0.5, 0.6) is 0 Å². The van der Waals surface area contributed by atoms with Crippen molar-refractivity contribution in [3.8, 4) is 0 Å². The van der Waals surface area contributed by atoms with Gasteiger partial charge in [0, 0.05) is 29.8 Å². The minimum Gasteiger partial charge on any atom is -0.294 e. The van der Waals surface area contributed by atoms with Gasteiger partial charge in [0.2, 0.25) is 0 Å². The number of Topliss-reactive ketones (excluding diaryl/α,β-unsaturated/α-hetero) is 1. The summed E-state index contributed by atoms with van der Waals surface area (Å²) in [7, 11) is 0. The lowest BCUT2D eigenvalue weighted by Gasteiger charge is -2.15. The molecule has 2 nitrogen and oxygen atoms in total. The Bertz CT molecular complexity index is 522. The smallest absolute Gasteiger partial charge is 0.162 e. The lowest BCUT2D eigenvalue weighted by Crippen LogP contribution is -2.06. The van der Waals surface area contributed by atoms with Crippen molar-refractivity contribution in [1.29, 1.82) is 0 Å². The molecule has 0 bridgehead atoms. The van der Waals surface area contributed by atoms with E-state index < -0.39 is 0 Å². The molecule has 0 saturated heterocycles. The third-order valence-electron chi connectivity index (χ3n) is 3.56. The maximum Gasteiger partial charge on any atom is 0.162 e. The van der Waals surface area contributed by atoms with E-state index in [-0.39, 0.29) is 5.78 Å². The van der Waals surface area contributed by atoms with Crippen LogP contribution in [0.3, 0.4) is 0 Å². The molecule has 104 valence electrons. The number of rotatable bonds is 7. The van der Waals surface area contributed by atoms with Crippen LogP contribution in [0.1, 0.15) is 54.6 Å². The van der Waals surface area contributed by atoms with E-state index in [0.29, 0.717) is 12.3 Å². The summed E-state index contributed by atoms with van der Waals surface area (Å²) in [6.07, 6.45) is 5.49. The summed E-state index contributed by atoms with van der Waals surface area (Å²) in [6.45, 7) is 2.18. The summed E-state index contributed by atoms with van der Waals surface area (Å²) in [5.41, 5.74) is 1.92. The number of benzene rings is 1. The molecule has 0 radical (unpaired) electrons. The topological polar surface area (TPSA) is 30.0 Å². The Balaban J connectivity index is 1.98. The molecule has 1 aromatic carbocycles. The van der Waals surface area contributed by atoms with Crippen molar-refractivity contribution in [2.45, 2.75) is 38.5 Å². The summed E-state index contributed by atoms with van der Waals surface area (Å²) in [5.74, 6) is 0.608. The number of pyridine rings is 1. The monoisotopic (exact) mass is 267 g/mol. The molecule has 0 aliphatic heterocycles. The molecule has 0 saturated carbocycles. The molecule has 0 N–H and O–H groups in total. The molecule has 1 atom stereocenters. The van der Waals surface area contributed by atoms with Crippen LogP contribution in [0.2, 0.25) is 0 Å².